The third-order valence-electron chi connectivity index (χ3n) is 5.97. The zero-order chi connectivity index (χ0) is 25.9. The van der Waals surface area contributed by atoms with Gasteiger partial charge >= 0.3 is 0 Å². The lowest BCUT2D eigenvalue weighted by Crippen LogP contribution is -2.35. The normalized spacial score (nSPS) is 15.5. The highest BCUT2D eigenvalue weighted by Crippen LogP contribution is 2.36. The van der Waals surface area contributed by atoms with E-state index in [9.17, 15) is 13.2 Å². The lowest BCUT2D eigenvalue weighted by molar-refractivity contribution is -0.115. The maximum absolute atomic E-state index is 13.1. The second-order valence-electron chi connectivity index (χ2n) is 8.89. The van der Waals surface area contributed by atoms with E-state index in [0.717, 1.165) is 16.8 Å². The average molecular weight is 507 g/mol. The Labute approximate surface area is 212 Å². The number of aliphatic imine (C=N–C) groups is 1. The summed E-state index contributed by atoms with van der Waals surface area (Å²) in [7, 11) is 1.94. The molecule has 0 spiro atoms. The fraction of sp³-hybridized carbons (Fsp3) is 0.259. The van der Waals surface area contributed by atoms with E-state index < -0.39 is 15.9 Å². The highest BCUT2D eigenvalue weighted by atomic mass is 32.2. The standard InChI is InChI=1S/C27H30N4O4S/c1-30(2)16-17-31(36(4,33)34)21-14-12-20(13-15-21)28-26(19-8-7-9-22(18-19)35-3)25-23-10-5-6-11-24(23)29-27(25)32/h5-15,18,25H,16-17H2,1-4H3,(H,29,32). The van der Waals surface area contributed by atoms with Crippen molar-refractivity contribution < 1.29 is 17.9 Å². The average Bonchev–Trinajstić information content (AvgIpc) is 3.18. The van der Waals surface area contributed by atoms with Gasteiger partial charge in [-0.05, 0) is 62.1 Å². The quantitative estimate of drug-likeness (QED) is 0.445. The molecular formula is C27H30N4O4S. The zero-order valence-corrected chi connectivity index (χ0v) is 21.6. The van der Waals surface area contributed by atoms with E-state index in [-0.39, 0.29) is 5.91 Å². The smallest absolute Gasteiger partial charge is 0.238 e. The van der Waals surface area contributed by atoms with Crippen LogP contribution in [0.1, 0.15) is 17.0 Å². The highest BCUT2D eigenvalue weighted by Gasteiger charge is 2.35. The van der Waals surface area contributed by atoms with Gasteiger partial charge in [-0.1, -0.05) is 30.3 Å². The van der Waals surface area contributed by atoms with Crippen LogP contribution in [0.3, 0.4) is 0 Å². The first kappa shape index (κ1) is 25.4. The van der Waals surface area contributed by atoms with Crippen molar-refractivity contribution >= 4 is 38.7 Å². The van der Waals surface area contributed by atoms with E-state index in [1.807, 2.05) is 67.5 Å². The summed E-state index contributed by atoms with van der Waals surface area (Å²) in [5.74, 6) is -0.0890. The third-order valence-corrected chi connectivity index (χ3v) is 7.16. The molecule has 0 saturated heterocycles. The minimum Gasteiger partial charge on any atom is -0.497 e. The number of fused-ring (bicyclic) bond motifs is 1. The number of rotatable bonds is 9. The van der Waals surface area contributed by atoms with Crippen molar-refractivity contribution in [2.24, 2.45) is 4.99 Å². The monoisotopic (exact) mass is 506 g/mol. The molecule has 36 heavy (non-hydrogen) atoms. The number of amides is 1. The molecule has 188 valence electrons. The summed E-state index contributed by atoms with van der Waals surface area (Å²) in [6.45, 7) is 0.922. The van der Waals surface area contributed by atoms with Crippen molar-refractivity contribution in [3.63, 3.8) is 0 Å². The summed E-state index contributed by atoms with van der Waals surface area (Å²) in [4.78, 5) is 19.9. The number of benzene rings is 3. The zero-order valence-electron chi connectivity index (χ0n) is 20.8. The number of sulfonamides is 1. The summed E-state index contributed by atoms with van der Waals surface area (Å²) < 4.78 is 31.6. The summed E-state index contributed by atoms with van der Waals surface area (Å²) >= 11 is 0. The van der Waals surface area contributed by atoms with Gasteiger partial charge in [0.1, 0.15) is 11.7 Å². The van der Waals surface area contributed by atoms with Crippen LogP contribution >= 0.6 is 0 Å². The molecule has 1 aliphatic rings. The lowest BCUT2D eigenvalue weighted by atomic mass is 9.90. The first-order valence-corrected chi connectivity index (χ1v) is 13.4. The van der Waals surface area contributed by atoms with Crippen molar-refractivity contribution in [3.8, 4) is 5.75 Å². The van der Waals surface area contributed by atoms with Crippen molar-refractivity contribution in [1.29, 1.82) is 0 Å². The first-order valence-electron chi connectivity index (χ1n) is 11.5. The number of nitrogens with zero attached hydrogens (tertiary/aromatic N) is 3. The number of para-hydroxylation sites is 1. The molecule has 0 aliphatic carbocycles. The van der Waals surface area contributed by atoms with Crippen LogP contribution in [0, 0.1) is 0 Å². The fourth-order valence-corrected chi connectivity index (χ4v) is 5.09. The van der Waals surface area contributed by atoms with Crippen molar-refractivity contribution in [2.75, 3.05) is 50.2 Å². The van der Waals surface area contributed by atoms with Gasteiger partial charge in [0.2, 0.25) is 15.9 Å². The Kier molecular flexibility index (Phi) is 7.42. The molecular weight excluding hydrogens is 476 g/mol. The van der Waals surface area contributed by atoms with Gasteiger partial charge in [0.25, 0.3) is 0 Å². The Morgan fingerprint density at radius 1 is 1.00 bits per heavy atom. The number of carbonyl (C=O) groups excluding carboxylic acids is 1. The van der Waals surface area contributed by atoms with Gasteiger partial charge < -0.3 is 15.0 Å². The summed E-state index contributed by atoms with van der Waals surface area (Å²) in [5.41, 5.74) is 4.13. The number of methoxy groups -OCH3 is 1. The van der Waals surface area contributed by atoms with Crippen LogP contribution in [-0.4, -0.2) is 65.5 Å². The maximum atomic E-state index is 13.1. The van der Waals surface area contributed by atoms with Crippen LogP contribution in [-0.2, 0) is 14.8 Å². The molecule has 0 aromatic heterocycles. The van der Waals surface area contributed by atoms with Crippen molar-refractivity contribution in [1.82, 2.24) is 4.90 Å². The van der Waals surface area contributed by atoms with E-state index in [0.29, 0.717) is 35.9 Å². The first-order chi connectivity index (χ1) is 17.2. The number of hydrogen-bond donors (Lipinski definition) is 1. The third kappa shape index (κ3) is 5.58. The molecule has 0 radical (unpaired) electrons. The molecule has 1 N–H and O–H groups in total. The Bertz CT molecular complexity index is 1380. The molecule has 1 unspecified atom stereocenters. The van der Waals surface area contributed by atoms with Gasteiger partial charge in [-0.3, -0.25) is 14.1 Å². The Morgan fingerprint density at radius 2 is 1.72 bits per heavy atom. The Morgan fingerprint density at radius 3 is 2.39 bits per heavy atom. The molecule has 9 heteroatoms. The molecule has 8 nitrogen and oxygen atoms in total. The van der Waals surface area contributed by atoms with Gasteiger partial charge in [0, 0.05) is 24.3 Å². The van der Waals surface area contributed by atoms with E-state index in [2.05, 4.69) is 5.32 Å². The van der Waals surface area contributed by atoms with E-state index in [1.165, 1.54) is 10.6 Å². The van der Waals surface area contributed by atoms with Crippen molar-refractivity contribution in [3.05, 3.63) is 83.9 Å². The lowest BCUT2D eigenvalue weighted by Gasteiger charge is -2.24. The molecule has 0 bridgehead atoms. The number of anilines is 2. The predicted molar refractivity (Wildman–Crippen MR) is 144 cm³/mol. The predicted octanol–water partition coefficient (Wildman–Crippen LogP) is 3.88. The van der Waals surface area contributed by atoms with Gasteiger partial charge in [-0.25, -0.2) is 8.42 Å². The minimum absolute atomic E-state index is 0.152. The number of hydrogen-bond acceptors (Lipinski definition) is 6. The van der Waals surface area contributed by atoms with E-state index in [4.69, 9.17) is 9.73 Å². The minimum atomic E-state index is -3.45. The van der Waals surface area contributed by atoms with Crippen LogP contribution in [0.5, 0.6) is 5.75 Å². The Hall–Kier alpha value is -3.69. The molecule has 3 aromatic rings. The Balaban J connectivity index is 1.76. The maximum Gasteiger partial charge on any atom is 0.238 e. The van der Waals surface area contributed by atoms with Crippen LogP contribution in [0.4, 0.5) is 17.1 Å². The molecule has 1 amide bonds. The van der Waals surface area contributed by atoms with Crippen LogP contribution in [0.2, 0.25) is 0 Å². The summed E-state index contributed by atoms with van der Waals surface area (Å²) in [5, 5.41) is 2.95. The largest absolute Gasteiger partial charge is 0.497 e. The SMILES string of the molecule is COc1cccc(C(=Nc2ccc(N(CCN(C)C)S(C)(=O)=O)cc2)C2C(=O)Nc3ccccc32)c1. The molecule has 4 rings (SSSR count). The number of nitrogens with one attached hydrogen (secondary N) is 1. The van der Waals surface area contributed by atoms with Crippen molar-refractivity contribution in [2.45, 2.75) is 5.92 Å². The molecule has 1 heterocycles. The van der Waals surface area contributed by atoms with Crippen LogP contribution in [0.25, 0.3) is 0 Å². The highest BCUT2D eigenvalue weighted by molar-refractivity contribution is 7.92. The van der Waals surface area contributed by atoms with E-state index in [1.54, 1.807) is 31.4 Å². The van der Waals surface area contributed by atoms with Crippen LogP contribution in [0.15, 0.2) is 77.8 Å². The second-order valence-corrected chi connectivity index (χ2v) is 10.8. The number of ether oxygens (including phenoxy) is 1. The molecule has 1 aliphatic heterocycles. The van der Waals surface area contributed by atoms with Gasteiger partial charge in [0.15, 0.2) is 0 Å². The molecule has 3 aromatic carbocycles. The molecule has 1 atom stereocenters. The summed E-state index contributed by atoms with van der Waals surface area (Å²) in [6.07, 6.45) is 1.20. The topological polar surface area (TPSA) is 91.3 Å². The second kappa shape index (κ2) is 10.5. The van der Waals surface area contributed by atoms with Gasteiger partial charge in [-0.2, -0.15) is 0 Å². The van der Waals surface area contributed by atoms with Gasteiger partial charge in [-0.15, -0.1) is 0 Å². The molecule has 0 fully saturated rings. The van der Waals surface area contributed by atoms with Crippen LogP contribution < -0.4 is 14.4 Å². The van der Waals surface area contributed by atoms with Gasteiger partial charge in [0.05, 0.1) is 30.5 Å². The molecule has 0 saturated carbocycles. The number of carbonyl (C=O) groups is 1. The fourth-order valence-electron chi connectivity index (χ4n) is 4.17. The summed E-state index contributed by atoms with van der Waals surface area (Å²) in [6, 6.07) is 22.0. The number of likely N-dealkylation sites (N-methyl/N-ethyl adjacent to an activating group) is 1. The van der Waals surface area contributed by atoms with E-state index >= 15 is 0 Å².